The van der Waals surface area contributed by atoms with Crippen LogP contribution in [-0.2, 0) is 23.9 Å². The summed E-state index contributed by atoms with van der Waals surface area (Å²) in [5.41, 5.74) is 4.61. The summed E-state index contributed by atoms with van der Waals surface area (Å²) in [5.74, 6) is 0.303. The number of aromatic nitrogens is 2. The molecule has 3 aromatic rings. The number of halogens is 3. The van der Waals surface area contributed by atoms with Gasteiger partial charge in [0.1, 0.15) is 5.82 Å². The van der Waals surface area contributed by atoms with Crippen LogP contribution in [0.25, 0.3) is 16.6 Å². The number of carbonyl (C=O) groups excluding carboxylic acids is 2. The van der Waals surface area contributed by atoms with E-state index in [1.165, 1.54) is 25.0 Å². The normalized spacial score (nSPS) is 18.5. The van der Waals surface area contributed by atoms with Gasteiger partial charge >= 0.3 is 6.18 Å². The highest BCUT2D eigenvalue weighted by Crippen LogP contribution is 2.32. The maximum absolute atomic E-state index is 13.3. The summed E-state index contributed by atoms with van der Waals surface area (Å²) in [7, 11) is 0. The van der Waals surface area contributed by atoms with E-state index in [0.717, 1.165) is 42.3 Å². The Morgan fingerprint density at radius 1 is 1.10 bits per heavy atom. The van der Waals surface area contributed by atoms with E-state index < -0.39 is 11.7 Å². The number of imidazole rings is 1. The van der Waals surface area contributed by atoms with Crippen LogP contribution in [0.1, 0.15) is 64.6 Å². The average molecular weight is 578 g/mol. The van der Waals surface area contributed by atoms with Crippen molar-refractivity contribution in [3.63, 3.8) is 0 Å². The fraction of sp³-hybridized carbons (Fsp3) is 0.406. The number of nitrogens with one attached hydrogen (secondary N) is 2. The van der Waals surface area contributed by atoms with Crippen LogP contribution in [0.15, 0.2) is 48.2 Å². The van der Waals surface area contributed by atoms with Crippen LogP contribution in [0.3, 0.4) is 0 Å². The maximum Gasteiger partial charge on any atom is 0.416 e. The van der Waals surface area contributed by atoms with E-state index in [-0.39, 0.29) is 24.2 Å². The number of likely N-dealkylation sites (tertiary alicyclic amines) is 1. The van der Waals surface area contributed by atoms with Gasteiger partial charge in [0.25, 0.3) is 5.91 Å². The third-order valence-electron chi connectivity index (χ3n) is 8.45. The van der Waals surface area contributed by atoms with E-state index >= 15 is 0 Å². The molecule has 0 radical (unpaired) electrons. The Bertz CT molecular complexity index is 1610. The average Bonchev–Trinajstić information content (AvgIpc) is 3.66. The summed E-state index contributed by atoms with van der Waals surface area (Å²) in [5, 5.41) is 3.34. The summed E-state index contributed by atoms with van der Waals surface area (Å²) in [4.78, 5) is 38.5. The highest BCUT2D eigenvalue weighted by molar-refractivity contribution is 6.22. The number of ketones is 1. The third kappa shape index (κ3) is 5.60. The summed E-state index contributed by atoms with van der Waals surface area (Å²) >= 11 is 0. The van der Waals surface area contributed by atoms with Crippen molar-refractivity contribution in [2.75, 3.05) is 26.2 Å². The molecule has 0 spiro atoms. The molecule has 220 valence electrons. The van der Waals surface area contributed by atoms with Crippen LogP contribution >= 0.6 is 0 Å². The predicted octanol–water partition coefficient (Wildman–Crippen LogP) is 5.40. The minimum Gasteiger partial charge on any atom is -0.382 e. The molecule has 0 unspecified atom stereocenters. The SMILES string of the molecule is Cc1ccc(C(F)(F)F)cc1C[C@H](C)NC1=C(c2nc3cc4c(cc3[nH]2)CN(CCN2CCCC2)C4=O)C(=O)CC=C1. The minimum absolute atomic E-state index is 0.00704. The van der Waals surface area contributed by atoms with Gasteiger partial charge in [0, 0.05) is 43.4 Å². The number of carbonyl (C=O) groups is 2. The van der Waals surface area contributed by atoms with Crippen molar-refractivity contribution in [3.8, 4) is 0 Å². The van der Waals surface area contributed by atoms with Crippen LogP contribution < -0.4 is 5.32 Å². The number of fused-ring (bicyclic) bond motifs is 2. The smallest absolute Gasteiger partial charge is 0.382 e. The number of hydrogen-bond donors (Lipinski definition) is 2. The molecule has 2 N–H and O–H groups in total. The van der Waals surface area contributed by atoms with Gasteiger partial charge in [-0.25, -0.2) is 4.98 Å². The Morgan fingerprint density at radius 2 is 1.88 bits per heavy atom. The summed E-state index contributed by atoms with van der Waals surface area (Å²) in [6.07, 6.45) is 2.17. The number of hydrogen-bond acceptors (Lipinski definition) is 5. The van der Waals surface area contributed by atoms with Gasteiger partial charge in [0.15, 0.2) is 5.78 Å². The molecule has 0 bridgehead atoms. The zero-order valence-electron chi connectivity index (χ0n) is 23.8. The zero-order valence-corrected chi connectivity index (χ0v) is 23.8. The number of benzene rings is 2. The monoisotopic (exact) mass is 577 g/mol. The molecule has 6 rings (SSSR count). The molecule has 1 aliphatic carbocycles. The fourth-order valence-corrected chi connectivity index (χ4v) is 6.16. The number of allylic oxidation sites excluding steroid dienone is 3. The van der Waals surface area contributed by atoms with E-state index in [0.29, 0.717) is 53.2 Å². The highest BCUT2D eigenvalue weighted by Gasteiger charge is 2.32. The number of nitrogens with zero attached hydrogens (tertiary/aromatic N) is 3. The highest BCUT2D eigenvalue weighted by atomic mass is 19.4. The van der Waals surface area contributed by atoms with E-state index in [1.54, 1.807) is 19.1 Å². The number of aromatic amines is 1. The second kappa shape index (κ2) is 11.1. The standard InChI is InChI=1S/C32H34F3N5O2/c1-19-8-9-23(32(33,34)35)15-21(19)14-20(2)36-25-6-5-7-28(41)29(25)30-37-26-16-22-18-40(13-12-39-10-3-4-11-39)31(42)24(22)17-27(26)38-30/h5-6,8-9,15-17,20,36H,3-4,7,10-14,18H2,1-2H3,(H,37,38)/t20-/m0/s1. The van der Waals surface area contributed by atoms with Crippen molar-refractivity contribution in [2.24, 2.45) is 0 Å². The van der Waals surface area contributed by atoms with Crippen molar-refractivity contribution in [3.05, 3.63) is 81.8 Å². The molecule has 1 atom stereocenters. The van der Waals surface area contributed by atoms with Gasteiger partial charge in [-0.1, -0.05) is 12.1 Å². The van der Waals surface area contributed by atoms with Gasteiger partial charge in [0.05, 0.1) is 22.2 Å². The molecule has 7 nitrogen and oxygen atoms in total. The van der Waals surface area contributed by atoms with Crippen LogP contribution in [0.4, 0.5) is 13.2 Å². The molecule has 3 heterocycles. The first kappa shape index (κ1) is 28.2. The first-order valence-electron chi connectivity index (χ1n) is 14.5. The molecular weight excluding hydrogens is 543 g/mol. The Kier molecular flexibility index (Phi) is 7.43. The van der Waals surface area contributed by atoms with Gasteiger partial charge in [-0.15, -0.1) is 0 Å². The summed E-state index contributed by atoms with van der Waals surface area (Å²) in [6, 6.07) is 7.27. The van der Waals surface area contributed by atoms with Gasteiger partial charge in [0.2, 0.25) is 0 Å². The van der Waals surface area contributed by atoms with E-state index in [2.05, 4.69) is 15.2 Å². The molecule has 3 aliphatic rings. The second-order valence-electron chi connectivity index (χ2n) is 11.6. The molecular formula is C32H34F3N5O2. The van der Waals surface area contributed by atoms with Gasteiger partial charge < -0.3 is 20.1 Å². The lowest BCUT2D eigenvalue weighted by Gasteiger charge is -2.21. The molecule has 2 aromatic carbocycles. The van der Waals surface area contributed by atoms with Gasteiger partial charge in [-0.2, -0.15) is 13.2 Å². The molecule has 42 heavy (non-hydrogen) atoms. The minimum atomic E-state index is -4.41. The molecule has 10 heteroatoms. The molecule has 1 aromatic heterocycles. The van der Waals surface area contributed by atoms with Crippen molar-refractivity contribution >= 4 is 28.3 Å². The first-order valence-corrected chi connectivity index (χ1v) is 14.5. The third-order valence-corrected chi connectivity index (χ3v) is 8.45. The van der Waals surface area contributed by atoms with Crippen molar-refractivity contribution in [1.29, 1.82) is 0 Å². The quantitative estimate of drug-likeness (QED) is 0.375. The molecule has 1 fully saturated rings. The van der Waals surface area contributed by atoms with Crippen molar-refractivity contribution in [2.45, 2.75) is 58.3 Å². The van der Waals surface area contributed by atoms with Crippen LogP contribution in [0, 0.1) is 6.92 Å². The van der Waals surface area contributed by atoms with Crippen LogP contribution in [0.5, 0.6) is 0 Å². The lowest BCUT2D eigenvalue weighted by atomic mass is 9.97. The van der Waals surface area contributed by atoms with E-state index in [9.17, 15) is 22.8 Å². The number of rotatable bonds is 8. The topological polar surface area (TPSA) is 81.3 Å². The van der Waals surface area contributed by atoms with E-state index in [4.69, 9.17) is 4.98 Å². The van der Waals surface area contributed by atoms with Gasteiger partial charge in [-0.3, -0.25) is 9.59 Å². The largest absolute Gasteiger partial charge is 0.416 e. The molecule has 1 saturated heterocycles. The maximum atomic E-state index is 13.3. The summed E-state index contributed by atoms with van der Waals surface area (Å²) in [6.45, 7) is 7.98. The van der Waals surface area contributed by atoms with E-state index in [1.807, 2.05) is 24.0 Å². The van der Waals surface area contributed by atoms with Crippen molar-refractivity contribution < 1.29 is 22.8 Å². The lowest BCUT2D eigenvalue weighted by Crippen LogP contribution is -2.33. The number of alkyl halides is 3. The van der Waals surface area contributed by atoms with Crippen molar-refractivity contribution in [1.82, 2.24) is 25.1 Å². The van der Waals surface area contributed by atoms with Crippen LogP contribution in [-0.4, -0.2) is 63.7 Å². The number of aryl methyl sites for hydroxylation is 1. The molecule has 0 saturated carbocycles. The number of Topliss-reactive ketones (excluding diaryl/α,β-unsaturated/α-hetero) is 1. The molecule has 1 amide bonds. The first-order chi connectivity index (χ1) is 20.1. The Labute approximate surface area is 242 Å². The zero-order chi connectivity index (χ0) is 29.6. The fourth-order valence-electron chi connectivity index (χ4n) is 6.16. The Hall–Kier alpha value is -3.92. The lowest BCUT2D eigenvalue weighted by molar-refractivity contribution is -0.137. The number of amides is 1. The van der Waals surface area contributed by atoms with Crippen LogP contribution in [0.2, 0.25) is 0 Å². The Balaban J connectivity index is 1.22. The predicted molar refractivity (Wildman–Crippen MR) is 155 cm³/mol. The second-order valence-corrected chi connectivity index (χ2v) is 11.6. The summed E-state index contributed by atoms with van der Waals surface area (Å²) < 4.78 is 39.9. The Morgan fingerprint density at radius 3 is 2.64 bits per heavy atom. The number of H-pyrrole nitrogens is 1. The molecule has 2 aliphatic heterocycles. The van der Waals surface area contributed by atoms with Gasteiger partial charge in [-0.05, 0) is 93.2 Å².